The Bertz CT molecular complexity index is 320. The van der Waals surface area contributed by atoms with E-state index in [1.807, 2.05) is 25.4 Å². The number of thiazole rings is 1. The fourth-order valence-corrected chi connectivity index (χ4v) is 1.74. The third-order valence-corrected chi connectivity index (χ3v) is 2.29. The Morgan fingerprint density at radius 2 is 2.50 bits per heavy atom. The maximum atomic E-state index is 4.30. The largest absolute Gasteiger partial charge is 0.235 e. The van der Waals surface area contributed by atoms with Crippen LogP contribution in [0, 0.1) is 6.92 Å². The van der Waals surface area contributed by atoms with Crippen molar-refractivity contribution in [2.24, 2.45) is 0 Å². The fraction of sp³-hybridized carbons (Fsp3) is 0.143. The van der Waals surface area contributed by atoms with Crippen molar-refractivity contribution in [2.75, 3.05) is 0 Å². The zero-order valence-corrected chi connectivity index (χ0v) is 6.40. The molecule has 50 valence electrons. The van der Waals surface area contributed by atoms with Crippen LogP contribution in [0.3, 0.4) is 0 Å². The van der Waals surface area contributed by atoms with Crippen LogP contribution in [0.4, 0.5) is 0 Å². The first-order valence-corrected chi connectivity index (χ1v) is 3.91. The van der Waals surface area contributed by atoms with Crippen LogP contribution in [0.15, 0.2) is 18.5 Å². The predicted molar refractivity (Wildman–Crippen MR) is 40.9 cm³/mol. The van der Waals surface area contributed by atoms with Gasteiger partial charge < -0.3 is 0 Å². The minimum atomic E-state index is 1.06. The van der Waals surface area contributed by atoms with Gasteiger partial charge in [0.2, 0.25) is 0 Å². The van der Waals surface area contributed by atoms with E-state index in [0.717, 1.165) is 10.5 Å². The summed E-state index contributed by atoms with van der Waals surface area (Å²) in [4.78, 5) is 7.29. The van der Waals surface area contributed by atoms with Gasteiger partial charge in [0.05, 0.1) is 9.71 Å². The Labute approximate surface area is 62.6 Å². The maximum Gasteiger partial charge on any atom is 0.194 e. The number of aromatic amines is 1. The summed E-state index contributed by atoms with van der Waals surface area (Å²) in [6.45, 7) is 2.02. The number of rotatable bonds is 0. The highest BCUT2D eigenvalue weighted by atomic mass is 32.1. The average molecular weight is 151 g/mol. The molecule has 0 fully saturated rings. The Morgan fingerprint density at radius 3 is 3.30 bits per heavy atom. The average Bonchev–Trinajstić information content (AvgIpc) is 2.27. The Kier molecular flexibility index (Phi) is 1.17. The molecule has 0 saturated carbocycles. The molecular formula is C7H7N2S+. The molecule has 0 amide bonds. The Hall–Kier alpha value is -0.960. The fourth-order valence-electron chi connectivity index (χ4n) is 0.933. The first kappa shape index (κ1) is 5.80. The van der Waals surface area contributed by atoms with Gasteiger partial charge in [-0.25, -0.2) is 9.97 Å². The van der Waals surface area contributed by atoms with Crippen molar-refractivity contribution in [3.8, 4) is 0 Å². The van der Waals surface area contributed by atoms with Gasteiger partial charge in [-0.1, -0.05) is 0 Å². The Balaban J connectivity index is 2.88. The van der Waals surface area contributed by atoms with Gasteiger partial charge >= 0.3 is 0 Å². The summed E-state index contributed by atoms with van der Waals surface area (Å²) in [5, 5.41) is 1.12. The molecule has 2 aromatic heterocycles. The van der Waals surface area contributed by atoms with Gasteiger partial charge in [-0.2, -0.15) is 0 Å². The second-order valence-electron chi connectivity index (χ2n) is 2.13. The Morgan fingerprint density at radius 1 is 1.60 bits per heavy atom. The van der Waals surface area contributed by atoms with Gasteiger partial charge in [-0.3, -0.25) is 0 Å². The van der Waals surface area contributed by atoms with Crippen LogP contribution in [-0.2, 0) is 0 Å². The molecule has 1 N–H and O–H groups in total. The number of aryl methyl sites for hydroxylation is 1. The highest BCUT2D eigenvalue weighted by molar-refractivity contribution is 7.18. The van der Waals surface area contributed by atoms with Gasteiger partial charge in [-0.05, 0) is 6.92 Å². The molecule has 0 saturated heterocycles. The van der Waals surface area contributed by atoms with Crippen LogP contribution in [0.25, 0.3) is 10.2 Å². The molecule has 2 rings (SSSR count). The van der Waals surface area contributed by atoms with Crippen molar-refractivity contribution in [3.05, 3.63) is 23.5 Å². The lowest BCUT2D eigenvalue weighted by molar-refractivity contribution is -0.376. The predicted octanol–water partition coefficient (Wildman–Crippen LogP) is 1.42. The summed E-state index contributed by atoms with van der Waals surface area (Å²) < 4.78 is 1.25. The number of nitrogens with zero attached hydrogens (tertiary/aromatic N) is 1. The molecule has 2 nitrogen and oxygen atoms in total. The normalized spacial score (nSPS) is 10.5. The lowest BCUT2D eigenvalue weighted by atomic mass is 10.5. The number of pyridine rings is 1. The molecule has 0 aliphatic carbocycles. The summed E-state index contributed by atoms with van der Waals surface area (Å²) in [6, 6.07) is 2.04. The van der Waals surface area contributed by atoms with Crippen molar-refractivity contribution in [3.63, 3.8) is 0 Å². The van der Waals surface area contributed by atoms with E-state index < -0.39 is 0 Å². The quantitative estimate of drug-likeness (QED) is 0.559. The minimum absolute atomic E-state index is 1.06. The minimum Gasteiger partial charge on any atom is -0.235 e. The topological polar surface area (TPSA) is 27.0 Å². The maximum absolute atomic E-state index is 4.30. The van der Waals surface area contributed by atoms with Crippen molar-refractivity contribution >= 4 is 21.6 Å². The van der Waals surface area contributed by atoms with Crippen LogP contribution in [0.1, 0.15) is 5.01 Å². The van der Waals surface area contributed by atoms with Gasteiger partial charge in [0.15, 0.2) is 12.4 Å². The number of hydrogen-bond acceptors (Lipinski definition) is 2. The van der Waals surface area contributed by atoms with Gasteiger partial charge in [0.1, 0.15) is 5.52 Å². The van der Waals surface area contributed by atoms with E-state index in [0.29, 0.717) is 0 Å². The molecular weight excluding hydrogens is 144 g/mol. The third-order valence-electron chi connectivity index (χ3n) is 1.34. The van der Waals surface area contributed by atoms with E-state index >= 15 is 0 Å². The second-order valence-corrected chi connectivity index (χ2v) is 3.36. The molecule has 2 heterocycles. The highest BCUT2D eigenvalue weighted by Gasteiger charge is 1.99. The zero-order chi connectivity index (χ0) is 6.97. The van der Waals surface area contributed by atoms with Crippen molar-refractivity contribution in [1.82, 2.24) is 4.98 Å². The summed E-state index contributed by atoms with van der Waals surface area (Å²) >= 11 is 1.72. The van der Waals surface area contributed by atoms with E-state index in [2.05, 4.69) is 9.97 Å². The number of H-pyrrole nitrogens is 1. The molecule has 0 aliphatic heterocycles. The molecule has 2 aromatic rings. The van der Waals surface area contributed by atoms with Gasteiger partial charge in [0.25, 0.3) is 0 Å². The van der Waals surface area contributed by atoms with E-state index in [9.17, 15) is 0 Å². The SMILES string of the molecule is Cc1nc2c[nH+]ccc2s1. The van der Waals surface area contributed by atoms with Crippen molar-refractivity contribution in [1.29, 1.82) is 0 Å². The molecule has 0 atom stereocenters. The summed E-state index contributed by atoms with van der Waals surface area (Å²) in [5.74, 6) is 0. The zero-order valence-electron chi connectivity index (χ0n) is 5.59. The summed E-state index contributed by atoms with van der Waals surface area (Å²) in [5.41, 5.74) is 1.06. The van der Waals surface area contributed by atoms with Crippen molar-refractivity contribution in [2.45, 2.75) is 6.92 Å². The van der Waals surface area contributed by atoms with E-state index in [1.54, 1.807) is 11.3 Å². The number of aromatic nitrogens is 2. The van der Waals surface area contributed by atoms with Crippen LogP contribution in [0.2, 0.25) is 0 Å². The molecule has 0 bridgehead atoms. The first-order valence-electron chi connectivity index (χ1n) is 3.09. The van der Waals surface area contributed by atoms with Gasteiger partial charge in [0, 0.05) is 6.07 Å². The van der Waals surface area contributed by atoms with Crippen LogP contribution >= 0.6 is 11.3 Å². The highest BCUT2D eigenvalue weighted by Crippen LogP contribution is 2.18. The smallest absolute Gasteiger partial charge is 0.194 e. The molecule has 0 spiro atoms. The van der Waals surface area contributed by atoms with Crippen LogP contribution < -0.4 is 4.98 Å². The van der Waals surface area contributed by atoms with E-state index in [4.69, 9.17) is 0 Å². The number of fused-ring (bicyclic) bond motifs is 1. The van der Waals surface area contributed by atoms with Crippen LogP contribution in [0.5, 0.6) is 0 Å². The molecule has 0 radical (unpaired) electrons. The molecule has 10 heavy (non-hydrogen) atoms. The number of hydrogen-bond donors (Lipinski definition) is 0. The van der Waals surface area contributed by atoms with Gasteiger partial charge in [-0.15, -0.1) is 11.3 Å². The molecule has 0 aliphatic rings. The lowest BCUT2D eigenvalue weighted by Crippen LogP contribution is -1.96. The summed E-state index contributed by atoms with van der Waals surface area (Å²) in [6.07, 6.45) is 3.83. The van der Waals surface area contributed by atoms with E-state index in [-0.39, 0.29) is 0 Å². The van der Waals surface area contributed by atoms with Crippen molar-refractivity contribution < 1.29 is 4.98 Å². The van der Waals surface area contributed by atoms with E-state index in [1.165, 1.54) is 4.70 Å². The molecule has 3 heteroatoms. The number of nitrogens with one attached hydrogen (secondary N) is 1. The standard InChI is InChI=1S/C7H6N2S/c1-5-9-6-4-8-3-2-7(6)10-5/h2-4H,1H3/p+1. The molecule has 0 unspecified atom stereocenters. The molecule has 0 aromatic carbocycles. The first-order chi connectivity index (χ1) is 4.86. The monoisotopic (exact) mass is 151 g/mol. The third kappa shape index (κ3) is 0.789. The van der Waals surface area contributed by atoms with Crippen LogP contribution in [-0.4, -0.2) is 4.98 Å². The summed E-state index contributed by atoms with van der Waals surface area (Å²) in [7, 11) is 0. The lowest BCUT2D eigenvalue weighted by Gasteiger charge is -1.74. The second kappa shape index (κ2) is 2.02.